The van der Waals surface area contributed by atoms with E-state index in [-0.39, 0.29) is 51.2 Å². The number of carboxylic acids is 1. The van der Waals surface area contributed by atoms with E-state index in [2.05, 4.69) is 47.5 Å². The number of carbonyl (C=O) groups is 9. The number of fused-ring (bicyclic) bond motifs is 24. The van der Waals surface area contributed by atoms with Crippen LogP contribution in [0.5, 0.6) is 0 Å². The average molecular weight is 682 g/mol. The second-order valence-electron chi connectivity index (χ2n) is 11.0. The van der Waals surface area contributed by atoms with Crippen LogP contribution in [0.4, 0.5) is 0 Å². The lowest BCUT2D eigenvalue weighted by molar-refractivity contribution is -0.141. The molecular weight excluding hydrogens is 638 g/mol. The molecule has 0 aromatic rings. The molecule has 3 aliphatic rings. The molecule has 3 aliphatic heterocycles. The number of amides is 8. The topological polar surface area (TPSA) is 334 Å². The molecule has 0 aromatic carbocycles. The lowest BCUT2D eigenvalue weighted by atomic mass is 10.0. The van der Waals surface area contributed by atoms with Gasteiger partial charge in [0.15, 0.2) is 5.96 Å². The Hall–Kier alpha value is -5.34. The summed E-state index contributed by atoms with van der Waals surface area (Å²) in [5.41, 5.74) is 10.6. The summed E-state index contributed by atoms with van der Waals surface area (Å²) in [5, 5.41) is 28.5. The molecule has 21 heteroatoms. The van der Waals surface area contributed by atoms with E-state index in [1.807, 2.05) is 0 Å². The number of piperazine rings is 1. The van der Waals surface area contributed by atoms with Gasteiger partial charge in [0, 0.05) is 19.5 Å². The van der Waals surface area contributed by atoms with Gasteiger partial charge in [0.1, 0.15) is 18.1 Å². The van der Waals surface area contributed by atoms with Crippen LogP contribution in [-0.4, -0.2) is 121 Å². The van der Waals surface area contributed by atoms with Crippen molar-refractivity contribution >= 4 is 59.2 Å². The Morgan fingerprint density at radius 1 is 0.708 bits per heavy atom. The van der Waals surface area contributed by atoms with E-state index >= 15 is 0 Å². The molecule has 0 aromatic heterocycles. The van der Waals surface area contributed by atoms with Gasteiger partial charge in [0.25, 0.3) is 0 Å². The minimum Gasteiger partial charge on any atom is -0.481 e. The first-order valence-electron chi connectivity index (χ1n) is 15.3. The van der Waals surface area contributed by atoms with E-state index in [1.165, 1.54) is 0 Å². The number of aliphatic carboxylic acids is 1. The summed E-state index contributed by atoms with van der Waals surface area (Å²) >= 11 is 0. The smallest absolute Gasteiger partial charge is 0.305 e. The number of nitrogens with two attached hydrogens (primary N) is 2. The van der Waals surface area contributed by atoms with Crippen LogP contribution in [0.2, 0.25) is 0 Å². The van der Waals surface area contributed by atoms with Gasteiger partial charge in [-0.05, 0) is 38.5 Å². The summed E-state index contributed by atoms with van der Waals surface area (Å²) in [4.78, 5) is 115. The Kier molecular flexibility index (Phi) is 16.2. The Labute approximate surface area is 274 Å². The highest BCUT2D eigenvalue weighted by Gasteiger charge is 2.33. The molecule has 3 saturated heterocycles. The maximum absolute atomic E-state index is 12.9. The minimum atomic E-state index is -1.58. The molecular formula is C27H43N11O10. The van der Waals surface area contributed by atoms with Gasteiger partial charge in [-0.15, -0.1) is 0 Å². The van der Waals surface area contributed by atoms with Crippen LogP contribution in [0.25, 0.3) is 0 Å². The Morgan fingerprint density at radius 2 is 1.33 bits per heavy atom. The molecule has 21 nitrogen and oxygen atoms in total. The molecule has 13 N–H and O–H groups in total. The zero-order valence-corrected chi connectivity index (χ0v) is 26.2. The van der Waals surface area contributed by atoms with E-state index in [1.54, 1.807) is 0 Å². The standard InChI is InChI=1S/C27H43N11O10/c28-27(29)31-9-3-5-14-23(45)34-13-20(41)35-17(10-22(43)44)24(46)33-11-19(40)30-8-2-1-4-15-25(47)37-16(26(48)36-15)6-7-18(39)38-21(42)12-32-14/h14-17,32H,1-13H2,(H,30,40)(H,33,46)(H,34,45)(H,35,41)(H,36,48)(H,37,47)(H,43,44)(H4,28,29,31)(H,38,39,42)/t14-,15-,16-,17-/m0/s1. The van der Waals surface area contributed by atoms with Crippen molar-refractivity contribution in [3.63, 3.8) is 0 Å². The van der Waals surface area contributed by atoms with E-state index in [9.17, 15) is 48.3 Å². The Balaban J connectivity index is 2.14. The molecule has 0 radical (unpaired) electrons. The van der Waals surface area contributed by atoms with Crippen molar-refractivity contribution in [3.05, 3.63) is 0 Å². The van der Waals surface area contributed by atoms with Crippen LogP contribution >= 0.6 is 0 Å². The van der Waals surface area contributed by atoms with Crippen LogP contribution in [-0.2, 0) is 43.2 Å². The zero-order valence-electron chi connectivity index (χ0n) is 26.2. The van der Waals surface area contributed by atoms with Crippen LogP contribution in [0.15, 0.2) is 4.99 Å². The zero-order chi connectivity index (χ0) is 35.6. The number of nitrogens with zero attached hydrogens (tertiary/aromatic N) is 1. The summed E-state index contributed by atoms with van der Waals surface area (Å²) in [6, 6.07) is -4.47. The van der Waals surface area contributed by atoms with Crippen molar-refractivity contribution < 1.29 is 48.3 Å². The van der Waals surface area contributed by atoms with E-state index < -0.39 is 103 Å². The summed E-state index contributed by atoms with van der Waals surface area (Å²) in [7, 11) is 0. The Bertz CT molecular complexity index is 1270. The van der Waals surface area contributed by atoms with Crippen LogP contribution < -0.4 is 54.0 Å². The van der Waals surface area contributed by atoms with Crippen LogP contribution in [0.3, 0.4) is 0 Å². The van der Waals surface area contributed by atoms with Crippen molar-refractivity contribution in [2.24, 2.45) is 16.5 Å². The molecule has 48 heavy (non-hydrogen) atoms. The predicted octanol–water partition coefficient (Wildman–Crippen LogP) is -6.10. The maximum Gasteiger partial charge on any atom is 0.305 e. The summed E-state index contributed by atoms with van der Waals surface area (Å²) < 4.78 is 0. The van der Waals surface area contributed by atoms with Gasteiger partial charge in [-0.2, -0.15) is 0 Å². The monoisotopic (exact) mass is 681 g/mol. The summed E-state index contributed by atoms with van der Waals surface area (Å²) in [6.45, 7) is -1.39. The first-order chi connectivity index (χ1) is 22.7. The highest BCUT2D eigenvalue weighted by Crippen LogP contribution is 2.09. The highest BCUT2D eigenvalue weighted by atomic mass is 16.4. The van der Waals surface area contributed by atoms with Crippen molar-refractivity contribution in [1.29, 1.82) is 0 Å². The normalized spacial score (nSPS) is 24.8. The minimum absolute atomic E-state index is 0.0784. The number of aliphatic imine (C=N–C) groups is 1. The van der Waals surface area contributed by atoms with Crippen molar-refractivity contribution in [2.75, 3.05) is 32.7 Å². The molecule has 266 valence electrons. The third kappa shape index (κ3) is 14.8. The van der Waals surface area contributed by atoms with Crippen molar-refractivity contribution in [3.8, 4) is 0 Å². The number of carbonyl (C=O) groups excluding carboxylic acids is 8. The third-order valence-corrected chi connectivity index (χ3v) is 7.09. The third-order valence-electron chi connectivity index (χ3n) is 7.09. The SMILES string of the molecule is NC(N)=NCCC[C@@H]1NCC(=O)NC(=O)CC[C@@H]2NC(=O)[C@H](CCCCNC(=O)CNC(=O)[C@H](CC(=O)O)NC(=O)CNC1=O)NC2=O. The lowest BCUT2D eigenvalue weighted by Gasteiger charge is -2.29. The lowest BCUT2D eigenvalue weighted by Crippen LogP contribution is -2.61. The molecule has 3 heterocycles. The van der Waals surface area contributed by atoms with Crippen LogP contribution in [0, 0.1) is 0 Å². The van der Waals surface area contributed by atoms with Gasteiger partial charge in [0.05, 0.1) is 32.1 Å². The summed E-state index contributed by atoms with van der Waals surface area (Å²) in [6.07, 6.45) is 0.303. The largest absolute Gasteiger partial charge is 0.481 e. The van der Waals surface area contributed by atoms with Gasteiger partial charge in [-0.1, -0.05) is 0 Å². The Morgan fingerprint density at radius 3 is 1.98 bits per heavy atom. The van der Waals surface area contributed by atoms with E-state index in [4.69, 9.17) is 11.5 Å². The first kappa shape index (κ1) is 38.8. The van der Waals surface area contributed by atoms with Gasteiger partial charge in [-0.3, -0.25) is 58.8 Å². The second-order valence-corrected chi connectivity index (χ2v) is 11.0. The number of carboxylic acid groups (broad SMARTS) is 1. The molecule has 3 fully saturated rings. The number of imide groups is 1. The fourth-order valence-electron chi connectivity index (χ4n) is 4.64. The van der Waals surface area contributed by atoms with Crippen molar-refractivity contribution in [2.45, 2.75) is 75.5 Å². The fraction of sp³-hybridized carbons (Fsp3) is 0.630. The molecule has 0 spiro atoms. The fourth-order valence-corrected chi connectivity index (χ4v) is 4.64. The van der Waals surface area contributed by atoms with E-state index in [0.29, 0.717) is 12.8 Å². The van der Waals surface area contributed by atoms with Gasteiger partial charge in [-0.25, -0.2) is 0 Å². The molecule has 4 atom stereocenters. The molecule has 8 amide bonds. The van der Waals surface area contributed by atoms with Crippen molar-refractivity contribution in [1.82, 2.24) is 42.5 Å². The second kappa shape index (κ2) is 20.0. The molecule has 0 aliphatic carbocycles. The number of guanidine groups is 1. The highest BCUT2D eigenvalue weighted by molar-refractivity contribution is 5.99. The number of rotatable bonds is 6. The number of nitrogens with one attached hydrogen (secondary N) is 8. The van der Waals surface area contributed by atoms with Crippen LogP contribution in [0.1, 0.15) is 51.4 Å². The quantitative estimate of drug-likeness (QED) is 0.0409. The number of hydrogen-bond acceptors (Lipinski definition) is 11. The van der Waals surface area contributed by atoms with Gasteiger partial charge >= 0.3 is 5.97 Å². The van der Waals surface area contributed by atoms with Gasteiger partial charge < -0.3 is 48.5 Å². The van der Waals surface area contributed by atoms with E-state index in [0.717, 1.165) is 0 Å². The molecule has 3 rings (SSSR count). The number of hydrogen-bond donors (Lipinski definition) is 11. The predicted molar refractivity (Wildman–Crippen MR) is 165 cm³/mol. The first-order valence-corrected chi connectivity index (χ1v) is 15.3. The molecule has 0 unspecified atom stereocenters. The molecule has 0 saturated carbocycles. The molecule has 2 bridgehead atoms. The maximum atomic E-state index is 12.9. The summed E-state index contributed by atoms with van der Waals surface area (Å²) in [5.74, 6) is -7.28. The van der Waals surface area contributed by atoms with Gasteiger partial charge in [0.2, 0.25) is 47.3 Å². The average Bonchev–Trinajstić information content (AvgIpc) is 3.01.